The summed E-state index contributed by atoms with van der Waals surface area (Å²) in [6.07, 6.45) is 5.61. The van der Waals surface area contributed by atoms with Gasteiger partial charge in [-0.1, -0.05) is 52.0 Å². The van der Waals surface area contributed by atoms with E-state index in [2.05, 4.69) is 50.5 Å². The molecule has 1 aromatic rings. The van der Waals surface area contributed by atoms with E-state index in [4.69, 9.17) is 4.84 Å². The van der Waals surface area contributed by atoms with E-state index >= 15 is 0 Å². The fourth-order valence-corrected chi connectivity index (χ4v) is 8.15. The Labute approximate surface area is 256 Å². The number of nitrogens with one attached hydrogen (secondary N) is 2. The highest BCUT2D eigenvalue weighted by atomic mass is 16.7. The molecule has 43 heavy (non-hydrogen) atoms. The third-order valence-corrected chi connectivity index (χ3v) is 10.9. The van der Waals surface area contributed by atoms with E-state index in [1.165, 1.54) is 6.42 Å². The lowest BCUT2D eigenvalue weighted by molar-refractivity contribution is -0.183. The van der Waals surface area contributed by atoms with E-state index in [-0.39, 0.29) is 36.4 Å². The molecule has 0 radical (unpaired) electrons. The Hall–Kier alpha value is -2.52. The van der Waals surface area contributed by atoms with Crippen molar-refractivity contribution in [3.05, 3.63) is 53.1 Å². The number of carbonyl (C=O) groups is 2. The van der Waals surface area contributed by atoms with E-state index in [1.807, 2.05) is 38.1 Å². The minimum Gasteiger partial charge on any atom is -0.394 e. The first-order valence-electron chi connectivity index (χ1n) is 16.2. The van der Waals surface area contributed by atoms with Crippen molar-refractivity contribution in [3.8, 4) is 0 Å². The Morgan fingerprint density at radius 3 is 2.53 bits per heavy atom. The number of benzene rings is 1. The van der Waals surface area contributed by atoms with Crippen LogP contribution in [-0.4, -0.2) is 64.0 Å². The molecule has 3 saturated carbocycles. The van der Waals surface area contributed by atoms with Crippen LogP contribution in [0.15, 0.2) is 42.0 Å². The van der Waals surface area contributed by atoms with Crippen LogP contribution in [0.4, 0.5) is 0 Å². The second-order valence-electron chi connectivity index (χ2n) is 14.5. The van der Waals surface area contributed by atoms with Gasteiger partial charge in [-0.05, 0) is 98.0 Å². The number of aliphatic hydroxyl groups excluding tert-OH is 2. The molecule has 8 heteroatoms. The van der Waals surface area contributed by atoms with Crippen molar-refractivity contribution in [1.82, 2.24) is 15.7 Å². The van der Waals surface area contributed by atoms with Gasteiger partial charge in [0.15, 0.2) is 0 Å². The summed E-state index contributed by atoms with van der Waals surface area (Å²) in [4.78, 5) is 33.0. The number of aliphatic hydroxyl groups is 2. The average molecular weight is 594 g/mol. The van der Waals surface area contributed by atoms with Gasteiger partial charge < -0.3 is 20.8 Å². The second-order valence-corrected chi connectivity index (χ2v) is 14.5. The highest BCUT2D eigenvalue weighted by molar-refractivity contribution is 5.98. The topological polar surface area (TPSA) is 111 Å². The highest BCUT2D eigenvalue weighted by Crippen LogP contribution is 2.61. The number of rotatable bonds is 9. The Morgan fingerprint density at radius 1 is 1.16 bits per heavy atom. The molecule has 4 N–H and O–H groups in total. The zero-order chi connectivity index (χ0) is 31.2. The molecule has 0 aromatic heterocycles. The molecule has 4 fully saturated rings. The summed E-state index contributed by atoms with van der Waals surface area (Å²) in [7, 11) is 0. The lowest BCUT2D eigenvalue weighted by atomic mass is 9.45. The number of fused-ring (bicyclic) bond motifs is 2. The molecular formula is C35H51N3O5. The summed E-state index contributed by atoms with van der Waals surface area (Å²) in [5.74, 6) is 0.972. The summed E-state index contributed by atoms with van der Waals surface area (Å²) in [5.41, 5.74) is 4.02. The molecule has 2 bridgehead atoms. The van der Waals surface area contributed by atoms with Crippen LogP contribution >= 0.6 is 0 Å². The molecule has 1 aliphatic heterocycles. The number of carbonyl (C=O) groups excluding carboxylic acids is 2. The number of hydrogen-bond acceptors (Lipinski definition) is 6. The van der Waals surface area contributed by atoms with E-state index in [0.29, 0.717) is 29.7 Å². The van der Waals surface area contributed by atoms with E-state index in [0.717, 1.165) is 35.1 Å². The Kier molecular flexibility index (Phi) is 9.25. The predicted octanol–water partition coefficient (Wildman–Crippen LogP) is 4.22. The van der Waals surface area contributed by atoms with Gasteiger partial charge in [-0.3, -0.25) is 14.4 Å². The second kappa shape index (κ2) is 12.5. The smallest absolute Gasteiger partial charge is 0.247 e. The fourth-order valence-electron chi connectivity index (χ4n) is 8.15. The van der Waals surface area contributed by atoms with Gasteiger partial charge in [-0.25, -0.2) is 0 Å². The number of nitrogens with zero attached hydrogens (tertiary/aromatic N) is 1. The van der Waals surface area contributed by atoms with Crippen molar-refractivity contribution >= 4 is 17.4 Å². The summed E-state index contributed by atoms with van der Waals surface area (Å²) in [5, 5.41) is 28.9. The third kappa shape index (κ3) is 6.21. The van der Waals surface area contributed by atoms with Crippen molar-refractivity contribution in [3.63, 3.8) is 0 Å². The molecule has 0 spiro atoms. The van der Waals surface area contributed by atoms with Crippen LogP contribution in [0.3, 0.4) is 0 Å². The standard InChI is InChI=1S/C35H51N3O5/c1-19(2)36-33(41)27-14-25(12-11-20(27)3)24-10-8-9-23(13-24)17-38-32(31(22(5)40)30(18-39)43-38)34(42)37-29-16-26-15-28(21(29)4)35(26,6)7/h8-10,12-14,19-22,26,28-32,39-40H,11,15-18H2,1-7H3,(H,36,41)(H,37,42)/t20?,21?,22-,26+,28-,29-,30-,31+,32-/m0/s1. The minimum atomic E-state index is -0.838. The SMILES string of the molecule is CC(C)NC(=O)C1=CC(c2cccc(CN3O[C@@H](CO)[C@@H]([C@H](C)O)[C@H]3C(=O)N[C@H]3C[C@H]4C[C@@H](C3C)C4(C)C)c2)=CCC1C. The quantitative estimate of drug-likeness (QED) is 0.341. The van der Waals surface area contributed by atoms with E-state index < -0.39 is 24.2 Å². The first-order valence-corrected chi connectivity index (χ1v) is 16.2. The molecule has 2 amide bonds. The van der Waals surface area contributed by atoms with E-state index in [9.17, 15) is 19.8 Å². The maximum absolute atomic E-state index is 14.0. The molecule has 8 nitrogen and oxygen atoms in total. The first-order chi connectivity index (χ1) is 20.3. The molecule has 1 heterocycles. The van der Waals surface area contributed by atoms with Crippen LogP contribution in [0.25, 0.3) is 5.57 Å². The van der Waals surface area contributed by atoms with Crippen LogP contribution in [0.5, 0.6) is 0 Å². The molecule has 5 aliphatic rings. The molecule has 1 saturated heterocycles. The van der Waals surface area contributed by atoms with Gasteiger partial charge >= 0.3 is 0 Å². The van der Waals surface area contributed by atoms with Gasteiger partial charge in [0, 0.05) is 23.6 Å². The minimum absolute atomic E-state index is 0.0315. The molecule has 6 rings (SSSR count). The maximum atomic E-state index is 14.0. The van der Waals surface area contributed by atoms with Gasteiger partial charge in [-0.15, -0.1) is 0 Å². The Morgan fingerprint density at radius 2 is 1.91 bits per heavy atom. The molecule has 1 aromatic carbocycles. The number of allylic oxidation sites excluding steroid dienone is 3. The van der Waals surface area contributed by atoms with Crippen LogP contribution in [0, 0.1) is 35.0 Å². The molecular weight excluding hydrogens is 542 g/mol. The largest absolute Gasteiger partial charge is 0.394 e. The van der Waals surface area contributed by atoms with Crippen molar-refractivity contribution in [2.45, 2.75) is 105 Å². The van der Waals surface area contributed by atoms with Gasteiger partial charge in [0.1, 0.15) is 12.1 Å². The molecule has 2 unspecified atom stereocenters. The van der Waals surface area contributed by atoms with Gasteiger partial charge in [0.2, 0.25) is 11.8 Å². The zero-order valence-electron chi connectivity index (χ0n) is 26.8. The van der Waals surface area contributed by atoms with Crippen LogP contribution in [-0.2, 0) is 21.0 Å². The van der Waals surface area contributed by atoms with Crippen molar-refractivity contribution < 1.29 is 24.6 Å². The molecule has 4 aliphatic carbocycles. The van der Waals surface area contributed by atoms with Crippen molar-refractivity contribution in [2.75, 3.05) is 6.61 Å². The van der Waals surface area contributed by atoms with Crippen LogP contribution < -0.4 is 10.6 Å². The van der Waals surface area contributed by atoms with Gasteiger partial charge in [0.05, 0.1) is 19.3 Å². The zero-order valence-corrected chi connectivity index (χ0v) is 26.8. The lowest BCUT2D eigenvalue weighted by Crippen LogP contribution is -2.62. The first kappa shape index (κ1) is 31.9. The highest BCUT2D eigenvalue weighted by Gasteiger charge is 2.57. The molecule has 9 atom stereocenters. The fraction of sp³-hybridized carbons (Fsp3) is 0.657. The van der Waals surface area contributed by atoms with Crippen molar-refractivity contribution in [2.24, 2.45) is 35.0 Å². The number of hydroxylamine groups is 2. The monoisotopic (exact) mass is 593 g/mol. The number of amides is 2. The van der Waals surface area contributed by atoms with Crippen molar-refractivity contribution in [1.29, 1.82) is 0 Å². The third-order valence-electron chi connectivity index (χ3n) is 10.9. The summed E-state index contributed by atoms with van der Waals surface area (Å²) in [6, 6.07) is 7.48. The van der Waals surface area contributed by atoms with Gasteiger partial charge in [0.25, 0.3) is 0 Å². The summed E-state index contributed by atoms with van der Waals surface area (Å²) < 4.78 is 0. The predicted molar refractivity (Wildman–Crippen MR) is 167 cm³/mol. The van der Waals surface area contributed by atoms with Gasteiger partial charge in [-0.2, -0.15) is 5.06 Å². The van der Waals surface area contributed by atoms with E-state index in [1.54, 1.807) is 12.0 Å². The maximum Gasteiger partial charge on any atom is 0.247 e. The molecule has 236 valence electrons. The van der Waals surface area contributed by atoms with Crippen LogP contribution in [0.2, 0.25) is 0 Å². The summed E-state index contributed by atoms with van der Waals surface area (Å²) in [6.45, 7) is 14.6. The summed E-state index contributed by atoms with van der Waals surface area (Å²) >= 11 is 0. The van der Waals surface area contributed by atoms with Crippen LogP contribution in [0.1, 0.15) is 78.9 Å². The Bertz CT molecular complexity index is 1270. The Balaban J connectivity index is 1.35. The number of hydrogen-bond donors (Lipinski definition) is 4. The normalized spacial score (nSPS) is 34.2. The average Bonchev–Trinajstić information content (AvgIpc) is 3.32. The lowest BCUT2D eigenvalue weighted by Gasteiger charge is -2.62.